The number of Topliss-reactive ketones (excluding diaryl/α,β-unsaturated/α-hetero) is 1. The van der Waals surface area contributed by atoms with Crippen LogP contribution in [0, 0.1) is 0 Å². The summed E-state index contributed by atoms with van der Waals surface area (Å²) in [5.74, 6) is -0.491. The molecule has 2 N–H and O–H groups in total. The maximum absolute atomic E-state index is 13.1. The summed E-state index contributed by atoms with van der Waals surface area (Å²) in [4.78, 5) is 56.1. The zero-order valence-electron chi connectivity index (χ0n) is 17.9. The fourth-order valence-corrected chi connectivity index (χ4v) is 4.39. The fraction of sp³-hybridized carbons (Fsp3) is 0.261. The third-order valence-corrected chi connectivity index (χ3v) is 6.06. The Labute approximate surface area is 188 Å². The average molecular weight is 448 g/mol. The van der Waals surface area contributed by atoms with E-state index in [0.717, 1.165) is 11.1 Å². The van der Waals surface area contributed by atoms with Gasteiger partial charge in [-0.2, -0.15) is 0 Å². The second kappa shape index (κ2) is 7.44. The van der Waals surface area contributed by atoms with Crippen LogP contribution in [0.4, 0.5) is 4.79 Å². The Bertz CT molecular complexity index is 1270. The number of hydrogen-bond donors (Lipinski definition) is 2. The first-order valence-electron chi connectivity index (χ1n) is 10.3. The Hall–Kier alpha value is -4.21. The summed E-state index contributed by atoms with van der Waals surface area (Å²) >= 11 is 0. The molecule has 1 fully saturated rings. The number of fused-ring (bicyclic) bond motifs is 2. The zero-order valence-corrected chi connectivity index (χ0v) is 17.9. The fourth-order valence-electron chi connectivity index (χ4n) is 4.39. The molecule has 0 bridgehead atoms. The van der Waals surface area contributed by atoms with Crippen molar-refractivity contribution in [1.29, 1.82) is 0 Å². The molecule has 33 heavy (non-hydrogen) atoms. The monoisotopic (exact) mass is 448 g/mol. The second-order valence-electron chi connectivity index (χ2n) is 8.08. The molecule has 3 aliphatic heterocycles. The SMILES string of the molecule is COc1ccc2c(c1)C(=O)N(C[C@@]1(C3=Cc4c(ccnc4C(C)=O)CO3)NC(=O)NC1=O)C2. The number of aromatic nitrogens is 1. The molecule has 168 valence electrons. The Morgan fingerprint density at radius 3 is 2.76 bits per heavy atom. The summed E-state index contributed by atoms with van der Waals surface area (Å²) in [6.45, 7) is 1.59. The summed E-state index contributed by atoms with van der Waals surface area (Å²) in [7, 11) is 1.52. The van der Waals surface area contributed by atoms with Crippen molar-refractivity contribution >= 4 is 29.7 Å². The average Bonchev–Trinajstić information content (AvgIpc) is 3.27. The van der Waals surface area contributed by atoms with Gasteiger partial charge >= 0.3 is 6.03 Å². The van der Waals surface area contributed by atoms with Crippen LogP contribution in [-0.2, 0) is 22.7 Å². The maximum Gasteiger partial charge on any atom is 0.322 e. The lowest BCUT2D eigenvalue weighted by molar-refractivity contribution is -0.124. The van der Waals surface area contributed by atoms with Crippen LogP contribution in [-0.4, -0.2) is 52.7 Å². The topological polar surface area (TPSA) is 127 Å². The number of benzene rings is 1. The van der Waals surface area contributed by atoms with Crippen molar-refractivity contribution in [2.24, 2.45) is 0 Å². The highest BCUT2D eigenvalue weighted by atomic mass is 16.5. The van der Waals surface area contributed by atoms with E-state index in [2.05, 4.69) is 15.6 Å². The molecule has 0 radical (unpaired) electrons. The van der Waals surface area contributed by atoms with Gasteiger partial charge in [0.2, 0.25) is 0 Å². The van der Waals surface area contributed by atoms with Gasteiger partial charge in [0.15, 0.2) is 11.3 Å². The van der Waals surface area contributed by atoms with Gasteiger partial charge in [-0.25, -0.2) is 4.79 Å². The molecule has 1 atom stereocenters. The number of imide groups is 1. The molecule has 0 spiro atoms. The van der Waals surface area contributed by atoms with Crippen LogP contribution in [0.15, 0.2) is 36.2 Å². The number of methoxy groups -OCH3 is 1. The standard InChI is InChI=1S/C23H20N4O6/c1-12(28)19-16-8-18(33-10-14(16)5-6-24-19)23(21(30)25-22(31)26-23)11-27-9-13-3-4-15(32-2)7-17(13)20(27)29/h3-8H,9-11H2,1-2H3,(H2,25,26,30,31)/t23-/m0/s1. The van der Waals surface area contributed by atoms with E-state index < -0.39 is 17.5 Å². The molecule has 0 aliphatic carbocycles. The molecule has 5 rings (SSSR count). The van der Waals surface area contributed by atoms with Crippen molar-refractivity contribution in [2.45, 2.75) is 25.6 Å². The quantitative estimate of drug-likeness (QED) is 0.523. The predicted octanol–water partition coefficient (Wildman–Crippen LogP) is 1.40. The van der Waals surface area contributed by atoms with Gasteiger partial charge in [0, 0.05) is 36.4 Å². The first-order chi connectivity index (χ1) is 15.8. The number of amides is 4. The lowest BCUT2D eigenvalue weighted by Gasteiger charge is -2.34. The Balaban J connectivity index is 1.55. The van der Waals surface area contributed by atoms with Crippen LogP contribution in [0.25, 0.3) is 6.08 Å². The number of urea groups is 1. The summed E-state index contributed by atoms with van der Waals surface area (Å²) in [5.41, 5.74) is 1.11. The van der Waals surface area contributed by atoms with Gasteiger partial charge in [0.05, 0.1) is 13.7 Å². The van der Waals surface area contributed by atoms with Crippen LogP contribution in [0.3, 0.4) is 0 Å². The number of nitrogens with zero attached hydrogens (tertiary/aromatic N) is 2. The van der Waals surface area contributed by atoms with E-state index in [-0.39, 0.29) is 42.8 Å². The molecule has 2 aromatic rings. The molecule has 0 unspecified atom stereocenters. The minimum Gasteiger partial charge on any atom is -0.497 e. The van der Waals surface area contributed by atoms with Crippen LogP contribution in [0.1, 0.15) is 44.5 Å². The largest absolute Gasteiger partial charge is 0.497 e. The summed E-state index contributed by atoms with van der Waals surface area (Å²) < 4.78 is 11.1. The van der Waals surface area contributed by atoms with Crippen molar-refractivity contribution in [3.05, 3.63) is 64.2 Å². The number of carbonyl (C=O) groups excluding carboxylic acids is 4. The molecule has 10 heteroatoms. The van der Waals surface area contributed by atoms with Gasteiger partial charge in [0.25, 0.3) is 11.8 Å². The van der Waals surface area contributed by atoms with Crippen molar-refractivity contribution < 1.29 is 28.7 Å². The van der Waals surface area contributed by atoms with Crippen LogP contribution >= 0.6 is 0 Å². The summed E-state index contributed by atoms with van der Waals surface area (Å²) in [6, 6.07) is 6.23. The van der Waals surface area contributed by atoms with Gasteiger partial charge < -0.3 is 19.7 Å². The van der Waals surface area contributed by atoms with Gasteiger partial charge in [-0.3, -0.25) is 24.7 Å². The molecule has 3 aliphatic rings. The number of nitrogens with one attached hydrogen (secondary N) is 2. The van der Waals surface area contributed by atoms with E-state index in [4.69, 9.17) is 9.47 Å². The van der Waals surface area contributed by atoms with E-state index in [0.29, 0.717) is 16.9 Å². The number of hydrogen-bond acceptors (Lipinski definition) is 7. The number of rotatable bonds is 5. The third-order valence-electron chi connectivity index (χ3n) is 6.06. The maximum atomic E-state index is 13.1. The van der Waals surface area contributed by atoms with Crippen molar-refractivity contribution in [3.63, 3.8) is 0 Å². The van der Waals surface area contributed by atoms with E-state index >= 15 is 0 Å². The highest BCUT2D eigenvalue weighted by molar-refractivity contribution is 6.10. The van der Waals surface area contributed by atoms with Gasteiger partial charge in [-0.1, -0.05) is 6.07 Å². The van der Waals surface area contributed by atoms with E-state index in [1.165, 1.54) is 25.1 Å². The highest BCUT2D eigenvalue weighted by Gasteiger charge is 2.54. The number of ether oxygens (including phenoxy) is 2. The van der Waals surface area contributed by atoms with E-state index in [1.807, 2.05) is 0 Å². The third kappa shape index (κ3) is 3.22. The van der Waals surface area contributed by atoms with Crippen molar-refractivity contribution in [3.8, 4) is 5.75 Å². The van der Waals surface area contributed by atoms with Crippen LogP contribution < -0.4 is 15.4 Å². The second-order valence-corrected chi connectivity index (χ2v) is 8.08. The first kappa shape index (κ1) is 20.7. The molecular formula is C23H20N4O6. The van der Waals surface area contributed by atoms with Gasteiger partial charge in [-0.05, 0) is 29.8 Å². The normalized spacial score (nSPS) is 21.0. The van der Waals surface area contributed by atoms with Crippen LogP contribution in [0.2, 0.25) is 0 Å². The van der Waals surface area contributed by atoms with Gasteiger partial charge in [0.1, 0.15) is 23.8 Å². The predicted molar refractivity (Wildman–Crippen MR) is 114 cm³/mol. The number of ketones is 1. The minimum atomic E-state index is -1.65. The molecule has 1 aromatic heterocycles. The molecule has 4 heterocycles. The molecule has 4 amide bonds. The minimum absolute atomic E-state index is 0.0836. The zero-order chi connectivity index (χ0) is 23.3. The van der Waals surface area contributed by atoms with E-state index in [9.17, 15) is 19.2 Å². The van der Waals surface area contributed by atoms with Gasteiger partial charge in [-0.15, -0.1) is 0 Å². The summed E-state index contributed by atoms with van der Waals surface area (Å²) in [6.07, 6.45) is 3.07. The lowest BCUT2D eigenvalue weighted by Crippen LogP contribution is -2.57. The van der Waals surface area contributed by atoms with Crippen molar-refractivity contribution in [2.75, 3.05) is 13.7 Å². The first-order valence-corrected chi connectivity index (χ1v) is 10.3. The molecule has 0 saturated carbocycles. The smallest absolute Gasteiger partial charge is 0.322 e. The highest BCUT2D eigenvalue weighted by Crippen LogP contribution is 2.35. The van der Waals surface area contributed by atoms with Crippen molar-refractivity contribution in [1.82, 2.24) is 20.5 Å². The summed E-state index contributed by atoms with van der Waals surface area (Å²) in [5, 5.41) is 4.89. The Kier molecular flexibility index (Phi) is 4.66. The molecular weight excluding hydrogens is 428 g/mol. The van der Waals surface area contributed by atoms with E-state index in [1.54, 1.807) is 30.3 Å². The Morgan fingerprint density at radius 1 is 1.24 bits per heavy atom. The number of pyridine rings is 1. The number of carbonyl (C=O) groups is 4. The Morgan fingerprint density at radius 2 is 2.06 bits per heavy atom. The molecule has 10 nitrogen and oxygen atoms in total. The molecule has 1 aromatic carbocycles. The van der Waals surface area contributed by atoms with Crippen LogP contribution in [0.5, 0.6) is 5.75 Å². The molecule has 1 saturated heterocycles. The lowest BCUT2D eigenvalue weighted by atomic mass is 9.91.